The maximum absolute atomic E-state index is 13.3. The predicted molar refractivity (Wildman–Crippen MR) is 79.0 cm³/mol. The van der Waals surface area contributed by atoms with Gasteiger partial charge in [-0.2, -0.15) is 0 Å². The van der Waals surface area contributed by atoms with Crippen molar-refractivity contribution in [3.05, 3.63) is 57.6 Å². The fourth-order valence-corrected chi connectivity index (χ4v) is 2.20. The van der Waals surface area contributed by atoms with Crippen LogP contribution in [0.5, 0.6) is 0 Å². The van der Waals surface area contributed by atoms with Gasteiger partial charge in [-0.05, 0) is 43.2 Å². The molecule has 1 heterocycles. The molecule has 112 valence electrons. The van der Waals surface area contributed by atoms with E-state index in [1.165, 1.54) is 12.1 Å². The number of aliphatic hydroxyl groups excluding tert-OH is 1. The largest absolute Gasteiger partial charge is 0.387 e. The van der Waals surface area contributed by atoms with Crippen molar-refractivity contribution in [2.45, 2.75) is 20.0 Å². The maximum atomic E-state index is 13.3. The number of hydrogen-bond donors (Lipinski definition) is 3. The lowest BCUT2D eigenvalue weighted by Gasteiger charge is -2.12. The molecule has 0 bridgehead atoms. The number of carbonyl (C=O) groups excluding carboxylic acids is 1. The Kier molecular flexibility index (Phi) is 4.65. The van der Waals surface area contributed by atoms with Crippen LogP contribution in [0.1, 0.15) is 33.4 Å². The maximum Gasteiger partial charge on any atom is 0.268 e. The third-order valence-corrected chi connectivity index (χ3v) is 3.47. The molecule has 1 unspecified atom stereocenters. The highest BCUT2D eigenvalue weighted by Crippen LogP contribution is 2.20. The Morgan fingerprint density at radius 2 is 2.14 bits per heavy atom. The number of halogens is 2. The minimum Gasteiger partial charge on any atom is -0.387 e. The molecular formula is C15H16ClFN2O2. The Balaban J connectivity index is 2.00. The third-order valence-electron chi connectivity index (χ3n) is 3.16. The molecule has 0 fully saturated rings. The number of hydrogen-bond acceptors (Lipinski definition) is 2. The van der Waals surface area contributed by atoms with Crippen LogP contribution in [0, 0.1) is 19.7 Å². The van der Waals surface area contributed by atoms with Crippen LogP contribution in [0.2, 0.25) is 5.02 Å². The molecule has 4 nitrogen and oxygen atoms in total. The van der Waals surface area contributed by atoms with Gasteiger partial charge in [0.1, 0.15) is 11.5 Å². The van der Waals surface area contributed by atoms with Gasteiger partial charge < -0.3 is 15.4 Å². The normalized spacial score (nSPS) is 12.2. The van der Waals surface area contributed by atoms with Crippen molar-refractivity contribution >= 4 is 17.5 Å². The molecule has 0 aliphatic carbocycles. The Labute approximate surface area is 126 Å². The van der Waals surface area contributed by atoms with Gasteiger partial charge in [-0.3, -0.25) is 4.79 Å². The van der Waals surface area contributed by atoms with Crippen molar-refractivity contribution < 1.29 is 14.3 Å². The molecule has 0 saturated carbocycles. The second-order valence-corrected chi connectivity index (χ2v) is 5.32. The summed E-state index contributed by atoms with van der Waals surface area (Å²) in [6, 6.07) is 5.91. The van der Waals surface area contributed by atoms with Crippen molar-refractivity contribution in [2.75, 3.05) is 6.54 Å². The summed E-state index contributed by atoms with van der Waals surface area (Å²) < 4.78 is 13.3. The van der Waals surface area contributed by atoms with Crippen LogP contribution < -0.4 is 5.32 Å². The molecule has 6 heteroatoms. The summed E-state index contributed by atoms with van der Waals surface area (Å²) in [5.74, 6) is -0.913. The molecule has 21 heavy (non-hydrogen) atoms. The first-order chi connectivity index (χ1) is 9.88. The molecule has 1 aromatic heterocycles. The topological polar surface area (TPSA) is 65.1 Å². The second kappa shape index (κ2) is 6.28. The standard InChI is InChI=1S/C15H16ClFN2O2/c1-8-5-9(2)19-14(8)15(21)18-7-13(20)10-3-4-11(16)12(17)6-10/h3-6,13,19-20H,7H2,1-2H3,(H,18,21). The zero-order valence-electron chi connectivity index (χ0n) is 11.7. The second-order valence-electron chi connectivity index (χ2n) is 4.91. The predicted octanol–water partition coefficient (Wildman–Crippen LogP) is 2.89. The van der Waals surface area contributed by atoms with E-state index in [-0.39, 0.29) is 17.5 Å². The first-order valence-electron chi connectivity index (χ1n) is 6.46. The lowest BCUT2D eigenvalue weighted by molar-refractivity contribution is 0.0911. The summed E-state index contributed by atoms with van der Waals surface area (Å²) in [6.07, 6.45) is -1.00. The number of aromatic amines is 1. The summed E-state index contributed by atoms with van der Waals surface area (Å²) in [7, 11) is 0. The van der Waals surface area contributed by atoms with E-state index in [2.05, 4.69) is 10.3 Å². The van der Waals surface area contributed by atoms with Crippen molar-refractivity contribution in [3.63, 3.8) is 0 Å². The van der Waals surface area contributed by atoms with Crippen molar-refractivity contribution in [3.8, 4) is 0 Å². The molecule has 0 aliphatic rings. The van der Waals surface area contributed by atoms with Gasteiger partial charge in [0.05, 0.1) is 11.1 Å². The Hall–Kier alpha value is -1.85. The number of carbonyl (C=O) groups is 1. The summed E-state index contributed by atoms with van der Waals surface area (Å²) in [5.41, 5.74) is 2.54. The van der Waals surface area contributed by atoms with Crippen LogP contribution in [0.4, 0.5) is 4.39 Å². The van der Waals surface area contributed by atoms with Crippen LogP contribution >= 0.6 is 11.6 Å². The van der Waals surface area contributed by atoms with Crippen molar-refractivity contribution in [1.29, 1.82) is 0 Å². The molecular weight excluding hydrogens is 295 g/mol. The molecule has 0 saturated heterocycles. The number of aryl methyl sites for hydroxylation is 2. The Morgan fingerprint density at radius 3 is 2.71 bits per heavy atom. The Bertz CT molecular complexity index is 670. The highest BCUT2D eigenvalue weighted by atomic mass is 35.5. The van der Waals surface area contributed by atoms with Crippen LogP contribution in [-0.4, -0.2) is 22.5 Å². The highest BCUT2D eigenvalue weighted by Gasteiger charge is 2.15. The molecule has 2 aromatic rings. The van der Waals surface area contributed by atoms with Gasteiger partial charge in [0.25, 0.3) is 5.91 Å². The Morgan fingerprint density at radius 1 is 1.43 bits per heavy atom. The number of rotatable bonds is 4. The molecule has 3 N–H and O–H groups in total. The van der Waals surface area contributed by atoms with Crippen LogP contribution in [-0.2, 0) is 0 Å². The summed E-state index contributed by atoms with van der Waals surface area (Å²) >= 11 is 5.58. The zero-order chi connectivity index (χ0) is 15.6. The van der Waals surface area contributed by atoms with Crippen molar-refractivity contribution in [2.24, 2.45) is 0 Å². The zero-order valence-corrected chi connectivity index (χ0v) is 12.5. The van der Waals surface area contributed by atoms with E-state index in [1.807, 2.05) is 19.9 Å². The monoisotopic (exact) mass is 310 g/mol. The van der Waals surface area contributed by atoms with E-state index >= 15 is 0 Å². The average Bonchev–Trinajstić information content (AvgIpc) is 2.77. The van der Waals surface area contributed by atoms with E-state index < -0.39 is 11.9 Å². The van der Waals surface area contributed by atoms with Crippen LogP contribution in [0.25, 0.3) is 0 Å². The quantitative estimate of drug-likeness (QED) is 0.813. The number of benzene rings is 1. The van der Waals surface area contributed by atoms with E-state index in [0.717, 1.165) is 17.3 Å². The molecule has 0 spiro atoms. The van der Waals surface area contributed by atoms with E-state index in [1.54, 1.807) is 0 Å². The minimum absolute atomic E-state index is 0.00697. The summed E-state index contributed by atoms with van der Waals surface area (Å²) in [6.45, 7) is 3.66. The minimum atomic E-state index is -1.00. The molecule has 0 radical (unpaired) electrons. The van der Waals surface area contributed by atoms with E-state index in [0.29, 0.717) is 11.3 Å². The van der Waals surface area contributed by atoms with Gasteiger partial charge in [-0.1, -0.05) is 17.7 Å². The van der Waals surface area contributed by atoms with Gasteiger partial charge in [0.2, 0.25) is 0 Å². The number of nitrogens with one attached hydrogen (secondary N) is 2. The summed E-state index contributed by atoms with van der Waals surface area (Å²) in [4.78, 5) is 14.9. The molecule has 2 rings (SSSR count). The fraction of sp³-hybridized carbons (Fsp3) is 0.267. The van der Waals surface area contributed by atoms with Gasteiger partial charge >= 0.3 is 0 Å². The first kappa shape index (κ1) is 15.5. The molecule has 1 aromatic carbocycles. The van der Waals surface area contributed by atoms with Crippen LogP contribution in [0.3, 0.4) is 0 Å². The highest BCUT2D eigenvalue weighted by molar-refractivity contribution is 6.30. The van der Waals surface area contributed by atoms with E-state index in [4.69, 9.17) is 11.6 Å². The number of aromatic nitrogens is 1. The van der Waals surface area contributed by atoms with Crippen LogP contribution in [0.15, 0.2) is 24.3 Å². The van der Waals surface area contributed by atoms with Gasteiger partial charge in [-0.25, -0.2) is 4.39 Å². The first-order valence-corrected chi connectivity index (χ1v) is 6.83. The van der Waals surface area contributed by atoms with E-state index in [9.17, 15) is 14.3 Å². The van der Waals surface area contributed by atoms with Gasteiger partial charge in [-0.15, -0.1) is 0 Å². The van der Waals surface area contributed by atoms with Gasteiger partial charge in [0, 0.05) is 12.2 Å². The lowest BCUT2D eigenvalue weighted by atomic mass is 10.1. The SMILES string of the molecule is Cc1cc(C)c(C(=O)NCC(O)c2ccc(Cl)c(F)c2)[nH]1. The number of amides is 1. The molecule has 0 aliphatic heterocycles. The third kappa shape index (κ3) is 3.62. The average molecular weight is 311 g/mol. The number of aliphatic hydroxyl groups is 1. The number of H-pyrrole nitrogens is 1. The van der Waals surface area contributed by atoms with Gasteiger partial charge in [0.15, 0.2) is 0 Å². The smallest absolute Gasteiger partial charge is 0.268 e. The fourth-order valence-electron chi connectivity index (χ4n) is 2.08. The lowest BCUT2D eigenvalue weighted by Crippen LogP contribution is -2.29. The molecule has 1 atom stereocenters. The summed E-state index contributed by atoms with van der Waals surface area (Å²) in [5, 5.41) is 12.6. The molecule has 1 amide bonds. The van der Waals surface area contributed by atoms with Crippen molar-refractivity contribution in [1.82, 2.24) is 10.3 Å².